The first-order chi connectivity index (χ1) is 9.83. The molecule has 3 aromatic rings. The average Bonchev–Trinajstić information content (AvgIpc) is 2.92. The summed E-state index contributed by atoms with van der Waals surface area (Å²) >= 11 is 0. The van der Waals surface area contributed by atoms with E-state index in [1.165, 1.54) is 33.0 Å². The second kappa shape index (κ2) is 4.46. The highest BCUT2D eigenvalue weighted by atomic mass is 14.9. The van der Waals surface area contributed by atoms with Crippen LogP contribution in [0.1, 0.15) is 28.3 Å². The zero-order valence-corrected chi connectivity index (χ0v) is 11.6. The minimum absolute atomic E-state index is 0.316. The summed E-state index contributed by atoms with van der Waals surface area (Å²) in [5.41, 5.74) is 5.54. The van der Waals surface area contributed by atoms with Crippen molar-refractivity contribution in [2.24, 2.45) is 0 Å². The Bertz CT molecular complexity index is 771. The molecule has 1 aliphatic heterocycles. The van der Waals surface area contributed by atoms with E-state index in [4.69, 9.17) is 0 Å². The lowest BCUT2D eigenvalue weighted by molar-refractivity contribution is 0.669. The third kappa shape index (κ3) is 1.75. The van der Waals surface area contributed by atoms with Crippen molar-refractivity contribution in [3.05, 3.63) is 82.9 Å². The van der Waals surface area contributed by atoms with Gasteiger partial charge >= 0.3 is 0 Å². The van der Waals surface area contributed by atoms with Crippen LogP contribution in [0.3, 0.4) is 0 Å². The Morgan fingerprint density at radius 1 is 0.900 bits per heavy atom. The normalized spacial score (nSPS) is 17.4. The third-order valence-electron chi connectivity index (χ3n) is 4.26. The van der Waals surface area contributed by atoms with Crippen LogP contribution in [-0.2, 0) is 6.54 Å². The van der Waals surface area contributed by atoms with Crippen LogP contribution in [0.25, 0.3) is 10.8 Å². The van der Waals surface area contributed by atoms with Crippen molar-refractivity contribution < 1.29 is 0 Å². The Balaban J connectivity index is 1.92. The molecule has 0 saturated carbocycles. The Morgan fingerprint density at radius 2 is 1.70 bits per heavy atom. The Hall–Kier alpha value is -2.12. The van der Waals surface area contributed by atoms with Crippen molar-refractivity contribution in [3.63, 3.8) is 0 Å². The molecule has 1 N–H and O–H groups in total. The summed E-state index contributed by atoms with van der Waals surface area (Å²) in [4.78, 5) is 0. The highest BCUT2D eigenvalue weighted by Gasteiger charge is 2.25. The molecule has 0 fully saturated rings. The van der Waals surface area contributed by atoms with E-state index in [1.807, 2.05) is 0 Å². The quantitative estimate of drug-likeness (QED) is 0.685. The van der Waals surface area contributed by atoms with Crippen LogP contribution in [0.15, 0.2) is 60.7 Å². The number of nitrogens with one attached hydrogen (secondary N) is 1. The number of hydrogen-bond acceptors (Lipinski definition) is 1. The molecule has 0 spiro atoms. The predicted octanol–water partition coefficient (Wildman–Crippen LogP) is 4.34. The Labute approximate surface area is 119 Å². The second-order valence-corrected chi connectivity index (χ2v) is 5.58. The van der Waals surface area contributed by atoms with Gasteiger partial charge < -0.3 is 5.32 Å². The van der Waals surface area contributed by atoms with Crippen molar-refractivity contribution in [2.75, 3.05) is 0 Å². The predicted molar refractivity (Wildman–Crippen MR) is 83.8 cm³/mol. The van der Waals surface area contributed by atoms with E-state index in [-0.39, 0.29) is 0 Å². The minimum atomic E-state index is 0.316. The molecule has 0 amide bonds. The first-order valence-corrected chi connectivity index (χ1v) is 7.13. The lowest BCUT2D eigenvalue weighted by atomic mass is 9.93. The molecular weight excluding hydrogens is 242 g/mol. The topological polar surface area (TPSA) is 12.0 Å². The van der Waals surface area contributed by atoms with E-state index < -0.39 is 0 Å². The average molecular weight is 259 g/mol. The van der Waals surface area contributed by atoms with Gasteiger partial charge in [0.05, 0.1) is 6.04 Å². The van der Waals surface area contributed by atoms with Gasteiger partial charge in [0, 0.05) is 6.54 Å². The molecule has 3 aromatic carbocycles. The van der Waals surface area contributed by atoms with Crippen LogP contribution >= 0.6 is 0 Å². The van der Waals surface area contributed by atoms with Crippen LogP contribution in [-0.4, -0.2) is 0 Å². The van der Waals surface area contributed by atoms with E-state index >= 15 is 0 Å². The minimum Gasteiger partial charge on any atom is -0.302 e. The summed E-state index contributed by atoms with van der Waals surface area (Å²) in [5.74, 6) is 0. The molecule has 0 radical (unpaired) electrons. The van der Waals surface area contributed by atoms with Gasteiger partial charge in [-0.25, -0.2) is 0 Å². The first kappa shape index (κ1) is 11.7. The molecule has 0 bridgehead atoms. The molecule has 0 aliphatic carbocycles. The van der Waals surface area contributed by atoms with Gasteiger partial charge in [0.15, 0.2) is 0 Å². The van der Waals surface area contributed by atoms with E-state index in [0.29, 0.717) is 6.04 Å². The Morgan fingerprint density at radius 3 is 2.55 bits per heavy atom. The second-order valence-electron chi connectivity index (χ2n) is 5.58. The number of rotatable bonds is 1. The number of benzene rings is 3. The van der Waals surface area contributed by atoms with Gasteiger partial charge in [-0.15, -0.1) is 0 Å². The van der Waals surface area contributed by atoms with E-state index in [0.717, 1.165) is 6.54 Å². The van der Waals surface area contributed by atoms with Crippen molar-refractivity contribution in [3.8, 4) is 0 Å². The molecule has 1 aliphatic rings. The summed E-state index contributed by atoms with van der Waals surface area (Å²) in [6.07, 6.45) is 0. The van der Waals surface area contributed by atoms with E-state index in [9.17, 15) is 0 Å². The highest BCUT2D eigenvalue weighted by Crippen LogP contribution is 2.36. The van der Waals surface area contributed by atoms with Crippen molar-refractivity contribution in [1.82, 2.24) is 5.32 Å². The van der Waals surface area contributed by atoms with E-state index in [2.05, 4.69) is 72.9 Å². The molecule has 0 aromatic heterocycles. The van der Waals surface area contributed by atoms with E-state index in [1.54, 1.807) is 0 Å². The lowest BCUT2D eigenvalue weighted by Gasteiger charge is -2.15. The lowest BCUT2D eigenvalue weighted by Crippen LogP contribution is -2.13. The first-order valence-electron chi connectivity index (χ1n) is 7.13. The number of aryl methyl sites for hydroxylation is 1. The van der Waals surface area contributed by atoms with Gasteiger partial charge in [-0.05, 0) is 34.4 Å². The largest absolute Gasteiger partial charge is 0.302 e. The molecule has 1 heteroatoms. The summed E-state index contributed by atoms with van der Waals surface area (Å²) in [5, 5.41) is 6.35. The maximum absolute atomic E-state index is 3.65. The van der Waals surface area contributed by atoms with Gasteiger partial charge in [-0.2, -0.15) is 0 Å². The maximum atomic E-state index is 3.65. The van der Waals surface area contributed by atoms with Crippen LogP contribution in [0.4, 0.5) is 0 Å². The summed E-state index contributed by atoms with van der Waals surface area (Å²) in [6, 6.07) is 22.4. The van der Waals surface area contributed by atoms with Crippen LogP contribution in [0.2, 0.25) is 0 Å². The molecule has 1 heterocycles. The summed E-state index contributed by atoms with van der Waals surface area (Å²) in [6.45, 7) is 3.09. The van der Waals surface area contributed by atoms with Crippen molar-refractivity contribution in [2.45, 2.75) is 19.5 Å². The van der Waals surface area contributed by atoms with Crippen LogP contribution < -0.4 is 5.32 Å². The number of fused-ring (bicyclic) bond motifs is 3. The van der Waals surface area contributed by atoms with Gasteiger partial charge in [0.25, 0.3) is 0 Å². The molecule has 20 heavy (non-hydrogen) atoms. The summed E-state index contributed by atoms with van der Waals surface area (Å²) < 4.78 is 0. The fourth-order valence-corrected chi connectivity index (χ4v) is 3.19. The molecule has 1 atom stereocenters. The Kier molecular flexibility index (Phi) is 2.61. The standard InChI is InChI=1S/C19H17N/c1-13-6-8-15(9-7-13)19-18-16(12-20-19)11-10-14-4-2-3-5-17(14)18/h2-11,19-20H,12H2,1H3. The molecule has 98 valence electrons. The fourth-order valence-electron chi connectivity index (χ4n) is 3.19. The summed E-state index contributed by atoms with van der Waals surface area (Å²) in [7, 11) is 0. The molecule has 1 unspecified atom stereocenters. The zero-order valence-electron chi connectivity index (χ0n) is 11.6. The van der Waals surface area contributed by atoms with Gasteiger partial charge in [0.1, 0.15) is 0 Å². The monoisotopic (exact) mass is 259 g/mol. The van der Waals surface area contributed by atoms with Crippen molar-refractivity contribution >= 4 is 10.8 Å². The highest BCUT2D eigenvalue weighted by molar-refractivity contribution is 5.88. The molecule has 1 nitrogen and oxygen atoms in total. The van der Waals surface area contributed by atoms with Crippen LogP contribution in [0.5, 0.6) is 0 Å². The van der Waals surface area contributed by atoms with Crippen molar-refractivity contribution in [1.29, 1.82) is 0 Å². The molecule has 0 saturated heterocycles. The van der Waals surface area contributed by atoms with Crippen LogP contribution in [0, 0.1) is 6.92 Å². The zero-order chi connectivity index (χ0) is 13.5. The number of hydrogen-bond donors (Lipinski definition) is 1. The van der Waals surface area contributed by atoms with Gasteiger partial charge in [0.2, 0.25) is 0 Å². The molecular formula is C19H17N. The van der Waals surface area contributed by atoms with Gasteiger partial charge in [-0.1, -0.05) is 66.2 Å². The van der Waals surface area contributed by atoms with Gasteiger partial charge in [-0.3, -0.25) is 0 Å². The third-order valence-corrected chi connectivity index (χ3v) is 4.26. The molecule has 4 rings (SSSR count). The SMILES string of the molecule is Cc1ccc(C2NCc3ccc4ccccc4c32)cc1. The fraction of sp³-hybridized carbons (Fsp3) is 0.158. The maximum Gasteiger partial charge on any atom is 0.0588 e. The smallest absolute Gasteiger partial charge is 0.0588 e.